The molecule has 2 aromatic rings. The summed E-state index contributed by atoms with van der Waals surface area (Å²) in [6.45, 7) is 4.08. The maximum absolute atomic E-state index is 12.5. The molecule has 1 aliphatic rings. The van der Waals surface area contributed by atoms with Gasteiger partial charge in [0.2, 0.25) is 0 Å². The Labute approximate surface area is 153 Å². The summed E-state index contributed by atoms with van der Waals surface area (Å²) in [5, 5.41) is 7.29. The largest absolute Gasteiger partial charge is 0.484 e. The normalized spacial score (nSPS) is 17.3. The quantitative estimate of drug-likeness (QED) is 0.820. The summed E-state index contributed by atoms with van der Waals surface area (Å²) in [6.07, 6.45) is 2.65. The van der Waals surface area contributed by atoms with Gasteiger partial charge < -0.3 is 14.4 Å². The van der Waals surface area contributed by atoms with E-state index < -0.39 is 0 Å². The first-order valence-electron chi connectivity index (χ1n) is 9.03. The van der Waals surface area contributed by atoms with Crippen LogP contribution < -0.4 is 4.74 Å². The van der Waals surface area contributed by atoms with Gasteiger partial charge in [-0.15, -0.1) is 0 Å². The van der Waals surface area contributed by atoms with Crippen LogP contribution in [0.3, 0.4) is 0 Å². The summed E-state index contributed by atoms with van der Waals surface area (Å²) in [5.74, 6) is 2.50. The van der Waals surface area contributed by atoms with Gasteiger partial charge in [-0.05, 0) is 31.9 Å². The van der Waals surface area contributed by atoms with Crippen LogP contribution in [0.25, 0.3) is 0 Å². The highest BCUT2D eigenvalue weighted by molar-refractivity contribution is 5.78. The highest BCUT2D eigenvalue weighted by Crippen LogP contribution is 2.24. The fourth-order valence-electron chi connectivity index (χ4n) is 3.09. The maximum Gasteiger partial charge on any atom is 0.260 e. The first kappa shape index (κ1) is 18.4. The summed E-state index contributed by atoms with van der Waals surface area (Å²) in [5.41, 5.74) is 1.17. The van der Waals surface area contributed by atoms with Gasteiger partial charge in [-0.2, -0.15) is 5.10 Å². The number of aromatic nitrogens is 3. The minimum Gasteiger partial charge on any atom is -0.484 e. The van der Waals surface area contributed by atoms with Crippen molar-refractivity contribution in [3.05, 3.63) is 41.5 Å². The zero-order valence-electron chi connectivity index (χ0n) is 15.4. The van der Waals surface area contributed by atoms with E-state index in [4.69, 9.17) is 9.47 Å². The number of H-pyrrole nitrogens is 1. The molecule has 1 N–H and O–H groups in total. The van der Waals surface area contributed by atoms with Gasteiger partial charge in [0, 0.05) is 32.5 Å². The van der Waals surface area contributed by atoms with Gasteiger partial charge in [0.25, 0.3) is 5.91 Å². The zero-order valence-corrected chi connectivity index (χ0v) is 15.4. The third kappa shape index (κ3) is 4.82. The number of carbonyl (C=O) groups excluding carboxylic acids is 1. The molecule has 1 aromatic heterocycles. The van der Waals surface area contributed by atoms with Crippen molar-refractivity contribution in [3.8, 4) is 5.75 Å². The average molecular weight is 358 g/mol. The molecule has 26 heavy (non-hydrogen) atoms. The Morgan fingerprint density at radius 3 is 2.92 bits per heavy atom. The molecule has 1 unspecified atom stereocenters. The number of aryl methyl sites for hydroxylation is 1. The van der Waals surface area contributed by atoms with E-state index in [1.165, 1.54) is 5.56 Å². The van der Waals surface area contributed by atoms with Crippen molar-refractivity contribution >= 4 is 5.91 Å². The number of methoxy groups -OCH3 is 1. The van der Waals surface area contributed by atoms with Crippen LogP contribution in [0.2, 0.25) is 0 Å². The molecule has 1 aliphatic heterocycles. The summed E-state index contributed by atoms with van der Waals surface area (Å²) in [6, 6.07) is 7.72. The van der Waals surface area contributed by atoms with Crippen molar-refractivity contribution in [2.45, 2.75) is 32.1 Å². The number of hydrogen-bond donors (Lipinski definition) is 1. The number of carbonyl (C=O) groups is 1. The fraction of sp³-hybridized carbons (Fsp3) is 0.526. The minimum absolute atomic E-state index is 0.00502. The van der Waals surface area contributed by atoms with Crippen LogP contribution in [0.4, 0.5) is 0 Å². The Morgan fingerprint density at radius 2 is 2.15 bits per heavy atom. The Hall–Kier alpha value is -2.41. The smallest absolute Gasteiger partial charge is 0.260 e. The lowest BCUT2D eigenvalue weighted by atomic mass is 9.97. The van der Waals surface area contributed by atoms with Crippen molar-refractivity contribution in [1.29, 1.82) is 0 Å². The van der Waals surface area contributed by atoms with Crippen molar-refractivity contribution in [2.24, 2.45) is 0 Å². The van der Waals surface area contributed by atoms with Gasteiger partial charge in [-0.1, -0.05) is 17.7 Å². The second-order valence-corrected chi connectivity index (χ2v) is 6.66. The van der Waals surface area contributed by atoms with E-state index in [1.807, 2.05) is 36.1 Å². The lowest BCUT2D eigenvalue weighted by Crippen LogP contribution is -2.41. The van der Waals surface area contributed by atoms with E-state index in [0.29, 0.717) is 25.3 Å². The van der Waals surface area contributed by atoms with Gasteiger partial charge in [0.05, 0.1) is 6.61 Å². The predicted molar refractivity (Wildman–Crippen MR) is 97.2 cm³/mol. The molecule has 7 nitrogen and oxygen atoms in total. The SMILES string of the molecule is COCCc1nc(C2CCCN(C(=O)COc3ccc(C)cc3)C2)n[nH]1. The molecule has 1 aromatic carbocycles. The van der Waals surface area contributed by atoms with E-state index >= 15 is 0 Å². The summed E-state index contributed by atoms with van der Waals surface area (Å²) < 4.78 is 10.7. The first-order chi connectivity index (χ1) is 12.7. The number of likely N-dealkylation sites (tertiary alicyclic amines) is 1. The fourth-order valence-corrected chi connectivity index (χ4v) is 3.09. The highest BCUT2D eigenvalue weighted by atomic mass is 16.5. The molecular formula is C19H26N4O3. The third-order valence-electron chi connectivity index (χ3n) is 4.61. The van der Waals surface area contributed by atoms with Crippen LogP contribution in [0.1, 0.15) is 36.0 Å². The van der Waals surface area contributed by atoms with Crippen LogP contribution in [0.15, 0.2) is 24.3 Å². The molecule has 2 heterocycles. The van der Waals surface area contributed by atoms with Crippen LogP contribution in [-0.4, -0.2) is 59.4 Å². The number of aromatic amines is 1. The van der Waals surface area contributed by atoms with Crippen molar-refractivity contribution in [3.63, 3.8) is 0 Å². The van der Waals surface area contributed by atoms with Gasteiger partial charge in [-0.25, -0.2) is 4.98 Å². The van der Waals surface area contributed by atoms with Crippen molar-refractivity contribution in [1.82, 2.24) is 20.1 Å². The topological polar surface area (TPSA) is 80.3 Å². The molecule has 140 valence electrons. The molecule has 0 bridgehead atoms. The molecule has 0 saturated carbocycles. The number of ether oxygens (including phenoxy) is 2. The van der Waals surface area contributed by atoms with Crippen LogP contribution in [0, 0.1) is 6.92 Å². The number of nitrogens with one attached hydrogen (secondary N) is 1. The van der Waals surface area contributed by atoms with E-state index in [2.05, 4.69) is 15.2 Å². The first-order valence-corrected chi connectivity index (χ1v) is 9.03. The Bertz CT molecular complexity index is 714. The Balaban J connectivity index is 1.53. The highest BCUT2D eigenvalue weighted by Gasteiger charge is 2.27. The second kappa shape index (κ2) is 8.80. The number of hydrogen-bond acceptors (Lipinski definition) is 5. The summed E-state index contributed by atoms with van der Waals surface area (Å²) in [7, 11) is 1.67. The Morgan fingerprint density at radius 1 is 1.35 bits per heavy atom. The summed E-state index contributed by atoms with van der Waals surface area (Å²) in [4.78, 5) is 18.9. The number of rotatable bonds is 7. The lowest BCUT2D eigenvalue weighted by Gasteiger charge is -2.31. The molecular weight excluding hydrogens is 332 g/mol. The second-order valence-electron chi connectivity index (χ2n) is 6.66. The summed E-state index contributed by atoms with van der Waals surface area (Å²) >= 11 is 0. The molecule has 0 spiro atoms. The Kier molecular flexibility index (Phi) is 6.22. The molecule has 0 radical (unpaired) electrons. The van der Waals surface area contributed by atoms with E-state index in [1.54, 1.807) is 7.11 Å². The number of piperidine rings is 1. The van der Waals surface area contributed by atoms with Gasteiger partial charge >= 0.3 is 0 Å². The number of nitrogens with zero attached hydrogens (tertiary/aromatic N) is 3. The molecule has 3 rings (SSSR count). The molecule has 1 amide bonds. The zero-order chi connectivity index (χ0) is 18.4. The maximum atomic E-state index is 12.5. The average Bonchev–Trinajstić information content (AvgIpc) is 3.15. The predicted octanol–water partition coefficient (Wildman–Crippen LogP) is 2.09. The van der Waals surface area contributed by atoms with Gasteiger partial charge in [0.1, 0.15) is 11.6 Å². The molecule has 7 heteroatoms. The monoisotopic (exact) mass is 358 g/mol. The molecule has 1 fully saturated rings. The van der Waals surface area contributed by atoms with E-state index in [0.717, 1.165) is 31.0 Å². The minimum atomic E-state index is 0.00502. The van der Waals surface area contributed by atoms with Crippen LogP contribution in [-0.2, 0) is 16.0 Å². The van der Waals surface area contributed by atoms with Gasteiger partial charge in [-0.3, -0.25) is 9.89 Å². The third-order valence-corrected chi connectivity index (χ3v) is 4.61. The van der Waals surface area contributed by atoms with Crippen LogP contribution in [0.5, 0.6) is 5.75 Å². The molecule has 0 aliphatic carbocycles. The number of benzene rings is 1. The lowest BCUT2D eigenvalue weighted by molar-refractivity contribution is -0.134. The van der Waals surface area contributed by atoms with Crippen molar-refractivity contribution in [2.75, 3.05) is 33.4 Å². The number of amides is 1. The molecule has 1 atom stereocenters. The van der Waals surface area contributed by atoms with E-state index in [9.17, 15) is 4.79 Å². The molecule has 1 saturated heterocycles. The van der Waals surface area contributed by atoms with Crippen LogP contribution >= 0.6 is 0 Å². The van der Waals surface area contributed by atoms with E-state index in [-0.39, 0.29) is 18.4 Å². The van der Waals surface area contributed by atoms with Gasteiger partial charge in [0.15, 0.2) is 12.4 Å². The van der Waals surface area contributed by atoms with Crippen molar-refractivity contribution < 1.29 is 14.3 Å². The standard InChI is InChI=1S/C19H26N4O3/c1-14-5-7-16(8-6-14)26-13-18(24)23-10-3-4-15(12-23)19-20-17(21-22-19)9-11-25-2/h5-8,15H,3-4,9-13H2,1-2H3,(H,20,21,22).